The number of nitrogens with zero attached hydrogens (tertiary/aromatic N) is 1. The number of halogens is 1. The summed E-state index contributed by atoms with van der Waals surface area (Å²) in [6.45, 7) is 2.01. The fourth-order valence-electron chi connectivity index (χ4n) is 2.51. The van der Waals surface area contributed by atoms with Crippen LogP contribution in [0.15, 0.2) is 60.3 Å². The Morgan fingerprint density at radius 3 is 2.45 bits per heavy atom. The minimum absolute atomic E-state index is 0.143. The molecule has 0 amide bonds. The lowest BCUT2D eigenvalue weighted by Gasteiger charge is -2.28. The van der Waals surface area contributed by atoms with Crippen LogP contribution in [-0.2, 0) is 0 Å². The van der Waals surface area contributed by atoms with Gasteiger partial charge < -0.3 is 5.32 Å². The average Bonchev–Trinajstić information content (AvgIpc) is 2.86. The van der Waals surface area contributed by atoms with Gasteiger partial charge in [-0.2, -0.15) is 0 Å². The maximum atomic E-state index is 13.1. The Labute approximate surface area is 134 Å². The molecule has 3 rings (SSSR count). The highest BCUT2D eigenvalue weighted by Gasteiger charge is 2.28. The smallest absolute Gasteiger partial charge is 0.148 e. The second-order valence-corrected chi connectivity index (χ2v) is 5.33. The molecule has 2 aromatic rings. The van der Waals surface area contributed by atoms with E-state index in [1.165, 1.54) is 12.1 Å². The van der Waals surface area contributed by atoms with Crippen LogP contribution in [0.5, 0.6) is 0 Å². The highest BCUT2D eigenvalue weighted by molar-refractivity contribution is 7.79. The molecule has 5 heteroatoms. The maximum absolute atomic E-state index is 13.1. The van der Waals surface area contributed by atoms with Gasteiger partial charge >= 0.3 is 0 Å². The predicted octanol–water partition coefficient (Wildman–Crippen LogP) is 3.77. The molecule has 3 nitrogen and oxygen atoms in total. The zero-order valence-electron chi connectivity index (χ0n) is 12.1. The van der Waals surface area contributed by atoms with E-state index >= 15 is 0 Å². The fourth-order valence-corrected chi connectivity index (χ4v) is 2.70. The number of rotatable bonds is 4. The molecule has 112 valence electrons. The molecule has 0 saturated heterocycles. The number of benzene rings is 2. The molecular weight excluding hydrogens is 297 g/mol. The maximum Gasteiger partial charge on any atom is 0.148 e. The van der Waals surface area contributed by atoms with Gasteiger partial charge in [-0.05, 0) is 31.2 Å². The molecule has 0 saturated carbocycles. The third kappa shape index (κ3) is 2.80. The van der Waals surface area contributed by atoms with Crippen LogP contribution in [0.1, 0.15) is 12.5 Å². The summed E-state index contributed by atoms with van der Waals surface area (Å²) in [5, 5.41) is 6.97. The van der Waals surface area contributed by atoms with Crippen molar-refractivity contribution in [3.8, 4) is 0 Å². The first-order valence-electron chi connectivity index (χ1n) is 6.98. The highest BCUT2D eigenvalue weighted by atomic mass is 32.1. The number of nitrogens with one attached hydrogen (secondary N) is 2. The Hall–Kier alpha value is -2.40. The predicted molar refractivity (Wildman–Crippen MR) is 91.5 cm³/mol. The minimum Gasteiger partial charge on any atom is -0.362 e. The van der Waals surface area contributed by atoms with E-state index in [9.17, 15) is 4.39 Å². The van der Waals surface area contributed by atoms with Gasteiger partial charge in [0, 0.05) is 16.6 Å². The first-order valence-corrected chi connectivity index (χ1v) is 7.46. The highest BCUT2D eigenvalue weighted by Crippen LogP contribution is 2.29. The Balaban J connectivity index is 1.94. The quantitative estimate of drug-likeness (QED) is 0.840. The van der Waals surface area contributed by atoms with E-state index < -0.39 is 0 Å². The molecule has 22 heavy (non-hydrogen) atoms. The van der Waals surface area contributed by atoms with Gasteiger partial charge in [0.1, 0.15) is 12.0 Å². The summed E-state index contributed by atoms with van der Waals surface area (Å²) in [4.78, 5) is 0. The Bertz CT molecular complexity index is 698. The van der Waals surface area contributed by atoms with Crippen LogP contribution in [0, 0.1) is 5.82 Å². The number of hydrogen-bond acceptors (Lipinski definition) is 4. The summed E-state index contributed by atoms with van der Waals surface area (Å²) in [6, 6.07) is 16.3. The lowest BCUT2D eigenvalue weighted by Crippen LogP contribution is -2.41. The average molecular weight is 313 g/mol. The van der Waals surface area contributed by atoms with Crippen LogP contribution >= 0.6 is 12.2 Å². The van der Waals surface area contributed by atoms with Crippen LogP contribution in [-0.4, -0.2) is 16.5 Å². The zero-order valence-corrected chi connectivity index (χ0v) is 12.9. The third-order valence-electron chi connectivity index (χ3n) is 3.51. The number of anilines is 1. The lowest BCUT2D eigenvalue weighted by molar-refractivity contribution is 0.428. The van der Waals surface area contributed by atoms with Gasteiger partial charge in [0.15, 0.2) is 0 Å². The molecule has 0 spiro atoms. The van der Waals surface area contributed by atoms with Gasteiger partial charge in [0.2, 0.25) is 0 Å². The molecule has 1 unspecified atom stereocenters. The van der Waals surface area contributed by atoms with E-state index in [0.29, 0.717) is 0 Å². The van der Waals surface area contributed by atoms with Gasteiger partial charge in [-0.1, -0.05) is 42.5 Å². The van der Waals surface area contributed by atoms with Crippen LogP contribution < -0.4 is 10.7 Å². The molecule has 1 aliphatic rings. The number of thiocarbonyl (C=S) groups is 1. The summed E-state index contributed by atoms with van der Waals surface area (Å²) >= 11 is 5.13. The second-order valence-electron chi connectivity index (χ2n) is 5.05. The van der Waals surface area contributed by atoms with Crippen molar-refractivity contribution in [2.75, 3.05) is 5.43 Å². The minimum atomic E-state index is -0.258. The Morgan fingerprint density at radius 1 is 1.14 bits per heavy atom. The molecule has 2 N–H and O–H groups in total. The summed E-state index contributed by atoms with van der Waals surface area (Å²) < 4.78 is 13.1. The van der Waals surface area contributed by atoms with Crippen LogP contribution in [0.4, 0.5) is 10.1 Å². The Morgan fingerprint density at radius 2 is 1.82 bits per heavy atom. The van der Waals surface area contributed by atoms with Gasteiger partial charge in [-0.25, -0.2) is 4.39 Å². The van der Waals surface area contributed by atoms with Crippen molar-refractivity contribution in [1.29, 1.82) is 0 Å². The van der Waals surface area contributed by atoms with E-state index in [0.717, 1.165) is 22.6 Å². The normalized spacial score (nSPS) is 17.4. The molecule has 0 aromatic heterocycles. The summed E-state index contributed by atoms with van der Waals surface area (Å²) in [5.41, 5.74) is 7.24. The van der Waals surface area contributed by atoms with Crippen molar-refractivity contribution in [2.24, 2.45) is 0 Å². The lowest BCUT2D eigenvalue weighted by atomic mass is 10.1. The molecule has 0 radical (unpaired) electrons. The van der Waals surface area contributed by atoms with Crippen LogP contribution in [0.25, 0.3) is 5.70 Å². The van der Waals surface area contributed by atoms with E-state index in [2.05, 4.69) is 10.7 Å². The molecule has 1 atom stereocenters. The zero-order chi connectivity index (χ0) is 15.5. The summed E-state index contributed by atoms with van der Waals surface area (Å²) in [7, 11) is 0. The Kier molecular flexibility index (Phi) is 4.06. The number of allylic oxidation sites excluding steroid dienone is 1. The van der Waals surface area contributed by atoms with E-state index in [1.807, 2.05) is 42.3 Å². The molecular formula is C17H16FN3S. The van der Waals surface area contributed by atoms with Crippen molar-refractivity contribution in [3.63, 3.8) is 0 Å². The van der Waals surface area contributed by atoms with Crippen molar-refractivity contribution in [3.05, 3.63) is 71.7 Å². The number of hydrazine groups is 1. The largest absolute Gasteiger partial charge is 0.362 e. The van der Waals surface area contributed by atoms with Gasteiger partial charge in [0.25, 0.3) is 0 Å². The van der Waals surface area contributed by atoms with Crippen molar-refractivity contribution in [1.82, 2.24) is 10.3 Å². The second kappa shape index (κ2) is 6.15. The summed E-state index contributed by atoms with van der Waals surface area (Å²) in [5.74, 6) is -0.258. The molecule has 2 aromatic carbocycles. The third-order valence-corrected chi connectivity index (χ3v) is 3.77. The summed E-state index contributed by atoms with van der Waals surface area (Å²) in [6.07, 6.45) is -0.143. The van der Waals surface area contributed by atoms with Crippen LogP contribution in [0.2, 0.25) is 0 Å². The van der Waals surface area contributed by atoms with Gasteiger partial charge in [-0.3, -0.25) is 10.4 Å². The standard InChI is InChI=1S/C17H16FN3S/c1-12-17(13-5-3-2-4-6-13)21(16(11-22)19-12)20-15-9-7-14(18)8-10-15/h2-11,16,19-20H,1H3. The number of hydrogen-bond donors (Lipinski definition) is 2. The van der Waals surface area contributed by atoms with E-state index in [1.54, 1.807) is 17.5 Å². The fraction of sp³-hybridized carbons (Fsp3) is 0.118. The first kappa shape index (κ1) is 14.5. The van der Waals surface area contributed by atoms with Crippen molar-refractivity contribution >= 4 is 29.0 Å². The molecule has 1 aliphatic heterocycles. The first-order chi connectivity index (χ1) is 10.7. The molecule has 0 fully saturated rings. The van der Waals surface area contributed by atoms with Gasteiger partial charge in [-0.15, -0.1) is 0 Å². The van der Waals surface area contributed by atoms with Crippen molar-refractivity contribution < 1.29 is 4.39 Å². The monoisotopic (exact) mass is 313 g/mol. The molecule has 0 bridgehead atoms. The molecule has 1 heterocycles. The van der Waals surface area contributed by atoms with E-state index in [-0.39, 0.29) is 12.0 Å². The van der Waals surface area contributed by atoms with Crippen LogP contribution in [0.3, 0.4) is 0 Å². The molecule has 0 aliphatic carbocycles. The SMILES string of the molecule is CC1=C(c2ccccc2)N(Nc2ccc(F)cc2)C(C=S)N1. The van der Waals surface area contributed by atoms with Gasteiger partial charge in [0.05, 0.1) is 11.4 Å². The van der Waals surface area contributed by atoms with E-state index in [4.69, 9.17) is 12.2 Å². The topological polar surface area (TPSA) is 27.3 Å². The van der Waals surface area contributed by atoms with Crippen molar-refractivity contribution in [2.45, 2.75) is 13.1 Å².